The smallest absolute Gasteiger partial charge is 0.264 e. The van der Waals surface area contributed by atoms with E-state index in [1.165, 1.54) is 29.4 Å². The van der Waals surface area contributed by atoms with Crippen LogP contribution >= 0.6 is 11.6 Å². The van der Waals surface area contributed by atoms with Crippen molar-refractivity contribution in [3.05, 3.63) is 53.1 Å². The fraction of sp³-hybridized carbons (Fsp3) is 0.235. The first-order chi connectivity index (χ1) is 11.3. The molecule has 0 spiro atoms. The lowest BCUT2D eigenvalue weighted by Gasteiger charge is -2.24. The van der Waals surface area contributed by atoms with Gasteiger partial charge in [0, 0.05) is 13.0 Å². The third-order valence-electron chi connectivity index (χ3n) is 3.95. The van der Waals surface area contributed by atoms with E-state index < -0.39 is 10.0 Å². The number of carbonyl (C=O) groups excluding carboxylic acids is 1. The maximum atomic E-state index is 13.1. The van der Waals surface area contributed by atoms with Crippen molar-refractivity contribution in [2.24, 2.45) is 0 Å². The zero-order chi connectivity index (χ0) is 17.5. The topological polar surface area (TPSA) is 66.5 Å². The highest BCUT2D eigenvalue weighted by molar-refractivity contribution is 7.92. The summed E-state index contributed by atoms with van der Waals surface area (Å²) in [6.07, 6.45) is 0.674. The van der Waals surface area contributed by atoms with E-state index in [-0.39, 0.29) is 21.9 Å². The number of hydrogen-bond donors (Lipinski definition) is 1. The predicted molar refractivity (Wildman–Crippen MR) is 95.0 cm³/mol. The first-order valence-corrected chi connectivity index (χ1v) is 9.32. The summed E-state index contributed by atoms with van der Waals surface area (Å²) in [4.78, 5) is 11.2. The van der Waals surface area contributed by atoms with Gasteiger partial charge in [-0.2, -0.15) is 0 Å². The molecule has 0 aliphatic carbocycles. The summed E-state index contributed by atoms with van der Waals surface area (Å²) in [6, 6.07) is 11.6. The number of carbonyl (C=O) groups is 1. The van der Waals surface area contributed by atoms with E-state index in [9.17, 15) is 13.2 Å². The number of benzene rings is 2. The third kappa shape index (κ3) is 2.87. The van der Waals surface area contributed by atoms with Crippen LogP contribution in [0.2, 0.25) is 5.02 Å². The summed E-state index contributed by atoms with van der Waals surface area (Å²) < 4.78 is 27.6. The molecule has 0 aromatic heterocycles. The van der Waals surface area contributed by atoms with Crippen LogP contribution in [-0.2, 0) is 21.2 Å². The molecule has 1 amide bonds. The Labute approximate surface area is 146 Å². The molecule has 1 aliphatic rings. The molecule has 5 nitrogen and oxygen atoms in total. The number of anilines is 2. The Morgan fingerprint density at radius 3 is 2.62 bits per heavy atom. The molecule has 0 bridgehead atoms. The molecular weight excluding hydrogens is 348 g/mol. The third-order valence-corrected chi connectivity index (χ3v) is 6.19. The van der Waals surface area contributed by atoms with Gasteiger partial charge in [0.15, 0.2) is 0 Å². The van der Waals surface area contributed by atoms with Crippen molar-refractivity contribution in [1.29, 1.82) is 0 Å². The van der Waals surface area contributed by atoms with Gasteiger partial charge in [0.1, 0.15) is 0 Å². The van der Waals surface area contributed by atoms with E-state index in [0.29, 0.717) is 17.8 Å². The average molecular weight is 365 g/mol. The van der Waals surface area contributed by atoms with E-state index in [0.717, 1.165) is 5.56 Å². The minimum Gasteiger partial charge on any atom is -0.325 e. The Morgan fingerprint density at radius 1 is 1.25 bits per heavy atom. The van der Waals surface area contributed by atoms with Gasteiger partial charge in [-0.1, -0.05) is 29.8 Å². The normalized spacial score (nSPS) is 16.8. The van der Waals surface area contributed by atoms with Crippen molar-refractivity contribution in [3.8, 4) is 0 Å². The number of fused-ring (bicyclic) bond motifs is 1. The minimum atomic E-state index is -3.73. The number of sulfonamides is 1. The van der Waals surface area contributed by atoms with Crippen molar-refractivity contribution in [2.45, 2.75) is 31.2 Å². The Balaban J connectivity index is 2.03. The number of halogens is 1. The fourth-order valence-electron chi connectivity index (χ4n) is 2.96. The largest absolute Gasteiger partial charge is 0.325 e. The molecule has 0 saturated carbocycles. The van der Waals surface area contributed by atoms with Crippen LogP contribution in [0.3, 0.4) is 0 Å². The van der Waals surface area contributed by atoms with Crippen molar-refractivity contribution in [3.63, 3.8) is 0 Å². The van der Waals surface area contributed by atoms with Gasteiger partial charge in [-0.15, -0.1) is 0 Å². The summed E-state index contributed by atoms with van der Waals surface area (Å²) >= 11 is 6.13. The Hall–Kier alpha value is -2.05. The minimum absolute atomic E-state index is 0.102. The van der Waals surface area contributed by atoms with Gasteiger partial charge in [-0.25, -0.2) is 8.42 Å². The van der Waals surface area contributed by atoms with Gasteiger partial charge in [0.25, 0.3) is 10.0 Å². The summed E-state index contributed by atoms with van der Waals surface area (Å²) in [7, 11) is -3.73. The van der Waals surface area contributed by atoms with Crippen molar-refractivity contribution in [1.82, 2.24) is 0 Å². The standard InChI is InChI=1S/C17H17ClN2O3S/c1-11-9-13-5-3-4-6-17(13)20(11)24(22,23)14-7-8-16(15(18)10-14)19-12(2)21/h3-8,10-11H,9H2,1-2H3,(H,19,21). The van der Waals surface area contributed by atoms with Gasteiger partial charge in [-0.05, 0) is 43.2 Å². The number of rotatable bonds is 3. The van der Waals surface area contributed by atoms with Crippen LogP contribution < -0.4 is 9.62 Å². The summed E-state index contributed by atoms with van der Waals surface area (Å²) in [6.45, 7) is 3.24. The highest BCUT2D eigenvalue weighted by Crippen LogP contribution is 2.37. The number of para-hydroxylation sites is 1. The molecule has 1 N–H and O–H groups in total. The molecule has 0 fully saturated rings. The second-order valence-electron chi connectivity index (χ2n) is 5.81. The summed E-state index contributed by atoms with van der Waals surface area (Å²) in [5.41, 5.74) is 2.10. The van der Waals surface area contributed by atoms with Crippen molar-refractivity contribution >= 4 is 38.9 Å². The molecular formula is C17H17ClN2O3S. The predicted octanol–water partition coefficient (Wildman–Crippen LogP) is 3.44. The zero-order valence-corrected chi connectivity index (χ0v) is 14.9. The second kappa shape index (κ2) is 6.11. The second-order valence-corrected chi connectivity index (χ2v) is 8.03. The number of amides is 1. The van der Waals surface area contributed by atoms with Crippen LogP contribution in [0.15, 0.2) is 47.4 Å². The monoisotopic (exact) mass is 364 g/mol. The van der Waals surface area contributed by atoms with Crippen LogP contribution in [0.1, 0.15) is 19.4 Å². The van der Waals surface area contributed by atoms with E-state index >= 15 is 0 Å². The first kappa shape index (κ1) is 16.8. The number of nitrogens with zero attached hydrogens (tertiary/aromatic N) is 1. The van der Waals surface area contributed by atoms with Gasteiger partial charge in [0.2, 0.25) is 5.91 Å². The summed E-state index contributed by atoms with van der Waals surface area (Å²) in [5, 5.41) is 2.75. The van der Waals surface area contributed by atoms with Crippen molar-refractivity contribution < 1.29 is 13.2 Å². The Bertz CT molecular complexity index is 912. The molecule has 0 saturated heterocycles. The molecule has 126 valence electrons. The highest BCUT2D eigenvalue weighted by atomic mass is 35.5. The van der Waals surface area contributed by atoms with E-state index in [2.05, 4.69) is 5.32 Å². The molecule has 1 aliphatic heterocycles. The fourth-order valence-corrected chi connectivity index (χ4v) is 4.98. The lowest BCUT2D eigenvalue weighted by molar-refractivity contribution is -0.114. The molecule has 7 heteroatoms. The quantitative estimate of drug-likeness (QED) is 0.907. The van der Waals surface area contributed by atoms with Crippen LogP contribution in [0.4, 0.5) is 11.4 Å². The van der Waals surface area contributed by atoms with Gasteiger partial charge in [0.05, 0.1) is 21.3 Å². The maximum Gasteiger partial charge on any atom is 0.264 e. The molecule has 24 heavy (non-hydrogen) atoms. The van der Waals surface area contributed by atoms with Gasteiger partial charge >= 0.3 is 0 Å². The van der Waals surface area contributed by atoms with Crippen molar-refractivity contribution in [2.75, 3.05) is 9.62 Å². The Kier molecular flexibility index (Phi) is 4.27. The number of nitrogens with one attached hydrogen (secondary N) is 1. The van der Waals surface area contributed by atoms with E-state index in [1.54, 1.807) is 0 Å². The molecule has 1 unspecified atom stereocenters. The SMILES string of the molecule is CC(=O)Nc1ccc(S(=O)(=O)N2c3ccccc3CC2C)cc1Cl. The van der Waals surface area contributed by atoms with Gasteiger partial charge in [-0.3, -0.25) is 9.10 Å². The molecule has 0 radical (unpaired) electrons. The molecule has 2 aromatic carbocycles. The van der Waals surface area contributed by atoms with Crippen LogP contribution in [0.25, 0.3) is 0 Å². The van der Waals surface area contributed by atoms with Gasteiger partial charge < -0.3 is 5.32 Å². The van der Waals surface area contributed by atoms with E-state index in [4.69, 9.17) is 11.6 Å². The van der Waals surface area contributed by atoms with Crippen LogP contribution in [0.5, 0.6) is 0 Å². The maximum absolute atomic E-state index is 13.1. The average Bonchev–Trinajstić information content (AvgIpc) is 2.85. The molecule has 2 aromatic rings. The lowest BCUT2D eigenvalue weighted by atomic mass is 10.1. The lowest BCUT2D eigenvalue weighted by Crippen LogP contribution is -2.35. The highest BCUT2D eigenvalue weighted by Gasteiger charge is 2.36. The Morgan fingerprint density at radius 2 is 1.96 bits per heavy atom. The summed E-state index contributed by atoms with van der Waals surface area (Å²) in [5.74, 6) is -0.269. The van der Waals surface area contributed by atoms with Crippen LogP contribution in [-0.4, -0.2) is 20.4 Å². The molecule has 3 rings (SSSR count). The zero-order valence-electron chi connectivity index (χ0n) is 13.3. The molecule has 1 atom stereocenters. The first-order valence-electron chi connectivity index (χ1n) is 7.50. The van der Waals surface area contributed by atoms with E-state index in [1.807, 2.05) is 31.2 Å². The van der Waals surface area contributed by atoms with Crippen LogP contribution in [0, 0.1) is 0 Å². The number of hydrogen-bond acceptors (Lipinski definition) is 3. The molecule has 1 heterocycles.